The molecule has 1 aliphatic carbocycles. The van der Waals surface area contributed by atoms with Gasteiger partial charge in [-0.15, -0.1) is 0 Å². The molecule has 9 nitrogen and oxygen atoms in total. The zero-order chi connectivity index (χ0) is 23.8. The van der Waals surface area contributed by atoms with Gasteiger partial charge in [0.05, 0.1) is 28.4 Å². The molecule has 0 aliphatic heterocycles. The number of anilines is 2. The molecule has 2 aromatic heterocycles. The average molecular weight is 469 g/mol. The zero-order valence-electron chi connectivity index (χ0n) is 18.9. The first-order chi connectivity index (χ1) is 15.6. The standard InChI is InChI=1S/C23H28N6O3S/c1-23(2,3)28-33(31,32)17-10-8-16(9-11-17)26-21-20-19(12-13-25-22(20)30)29(27-21)18-7-5-4-6-15(18)14-24/h8-13,15,18,28H,4-7H2,1-3H3,(H,25,30)(H,26,27)/t15-,18+/m1/s1. The van der Waals surface area contributed by atoms with Crippen LogP contribution in [0.25, 0.3) is 10.9 Å². The number of sulfonamides is 1. The fraction of sp³-hybridized carbons (Fsp3) is 0.435. The van der Waals surface area contributed by atoms with Crippen LogP contribution >= 0.6 is 0 Å². The van der Waals surface area contributed by atoms with E-state index in [4.69, 9.17) is 5.10 Å². The molecular weight excluding hydrogens is 440 g/mol. The van der Waals surface area contributed by atoms with Crippen LogP contribution in [0.1, 0.15) is 52.5 Å². The van der Waals surface area contributed by atoms with Gasteiger partial charge in [0.2, 0.25) is 10.0 Å². The summed E-state index contributed by atoms with van der Waals surface area (Å²) in [5, 5.41) is 17.9. The Hall–Kier alpha value is -3.16. The molecule has 1 saturated carbocycles. The highest BCUT2D eigenvalue weighted by molar-refractivity contribution is 7.89. The lowest BCUT2D eigenvalue weighted by molar-refractivity contribution is 0.277. The summed E-state index contributed by atoms with van der Waals surface area (Å²) in [5.41, 5.74) is 0.393. The molecule has 2 atom stereocenters. The summed E-state index contributed by atoms with van der Waals surface area (Å²) in [6, 6.07) is 10.4. The second kappa shape index (κ2) is 8.65. The smallest absolute Gasteiger partial charge is 0.261 e. The van der Waals surface area contributed by atoms with Gasteiger partial charge >= 0.3 is 0 Å². The monoisotopic (exact) mass is 468 g/mol. The third kappa shape index (κ3) is 4.79. The second-order valence-electron chi connectivity index (χ2n) is 9.45. The SMILES string of the molecule is CC(C)(C)NS(=O)(=O)c1ccc(Nc2nn([C@H]3CCCC[C@@H]3C#N)c3cc[nH]c(=O)c23)cc1. The lowest BCUT2D eigenvalue weighted by Crippen LogP contribution is -2.40. The average Bonchev–Trinajstić information content (AvgIpc) is 3.12. The van der Waals surface area contributed by atoms with Crippen LogP contribution in [0.2, 0.25) is 0 Å². The Kier molecular flexibility index (Phi) is 6.03. The number of fused-ring (bicyclic) bond motifs is 1. The van der Waals surface area contributed by atoms with Gasteiger partial charge in [-0.05, 0) is 63.9 Å². The molecule has 0 radical (unpaired) electrons. The third-order valence-corrected chi connectivity index (χ3v) is 7.48. The van der Waals surface area contributed by atoms with Gasteiger partial charge in [0, 0.05) is 17.4 Å². The highest BCUT2D eigenvalue weighted by Gasteiger charge is 2.30. The largest absolute Gasteiger partial charge is 0.338 e. The number of rotatable bonds is 5. The van der Waals surface area contributed by atoms with Crippen molar-refractivity contribution in [2.45, 2.75) is 62.9 Å². The van der Waals surface area contributed by atoms with Gasteiger partial charge in [0.25, 0.3) is 5.56 Å². The van der Waals surface area contributed by atoms with Crippen molar-refractivity contribution < 1.29 is 8.42 Å². The van der Waals surface area contributed by atoms with Crippen LogP contribution in [-0.2, 0) is 10.0 Å². The van der Waals surface area contributed by atoms with Crippen molar-refractivity contribution in [1.29, 1.82) is 5.26 Å². The van der Waals surface area contributed by atoms with Gasteiger partial charge in [-0.1, -0.05) is 12.8 Å². The molecule has 174 valence electrons. The number of hydrogen-bond donors (Lipinski definition) is 3. The topological polar surface area (TPSA) is 133 Å². The summed E-state index contributed by atoms with van der Waals surface area (Å²) in [6.45, 7) is 5.34. The van der Waals surface area contributed by atoms with E-state index in [1.807, 2.05) is 0 Å². The Labute approximate surface area is 192 Å². The Morgan fingerprint density at radius 3 is 2.52 bits per heavy atom. The number of pyridine rings is 1. The van der Waals surface area contributed by atoms with Crippen molar-refractivity contribution >= 4 is 32.4 Å². The molecule has 10 heteroatoms. The van der Waals surface area contributed by atoms with E-state index in [9.17, 15) is 18.5 Å². The minimum absolute atomic E-state index is 0.0976. The van der Waals surface area contributed by atoms with Gasteiger partial charge in [-0.3, -0.25) is 9.48 Å². The van der Waals surface area contributed by atoms with E-state index in [1.165, 1.54) is 12.1 Å². The Morgan fingerprint density at radius 2 is 1.85 bits per heavy atom. The molecule has 1 fully saturated rings. The first-order valence-electron chi connectivity index (χ1n) is 11.0. The van der Waals surface area contributed by atoms with Crippen molar-refractivity contribution in [2.75, 3.05) is 5.32 Å². The van der Waals surface area contributed by atoms with E-state index in [0.717, 1.165) is 25.7 Å². The van der Waals surface area contributed by atoms with Gasteiger partial charge in [-0.2, -0.15) is 10.4 Å². The predicted molar refractivity (Wildman–Crippen MR) is 127 cm³/mol. The van der Waals surface area contributed by atoms with Gasteiger partial charge in [0.1, 0.15) is 5.39 Å². The molecule has 1 aromatic carbocycles. The maximum absolute atomic E-state index is 12.7. The van der Waals surface area contributed by atoms with Gasteiger partial charge in [-0.25, -0.2) is 13.1 Å². The van der Waals surface area contributed by atoms with Crippen LogP contribution in [0, 0.1) is 17.2 Å². The van der Waals surface area contributed by atoms with Crippen molar-refractivity contribution in [3.05, 3.63) is 46.9 Å². The molecule has 0 saturated heterocycles. The quantitative estimate of drug-likeness (QED) is 0.522. The Morgan fingerprint density at radius 1 is 1.15 bits per heavy atom. The first-order valence-corrected chi connectivity index (χ1v) is 12.5. The van der Waals surface area contributed by atoms with E-state index >= 15 is 0 Å². The van der Waals surface area contributed by atoms with Crippen LogP contribution in [-0.4, -0.2) is 28.7 Å². The Balaban J connectivity index is 1.69. The summed E-state index contributed by atoms with van der Waals surface area (Å²) < 4.78 is 29.5. The molecule has 2 heterocycles. The minimum atomic E-state index is -3.65. The maximum Gasteiger partial charge on any atom is 0.261 e. The number of nitrogens with zero attached hydrogens (tertiary/aromatic N) is 3. The second-order valence-corrected chi connectivity index (χ2v) is 11.1. The van der Waals surface area contributed by atoms with Crippen molar-refractivity contribution in [1.82, 2.24) is 19.5 Å². The third-order valence-electron chi connectivity index (χ3n) is 5.71. The summed E-state index contributed by atoms with van der Waals surface area (Å²) in [5.74, 6) is 0.214. The van der Waals surface area contributed by atoms with Gasteiger partial charge < -0.3 is 10.3 Å². The number of aromatic amines is 1. The number of aromatic nitrogens is 3. The molecule has 0 spiro atoms. The molecule has 3 N–H and O–H groups in total. The number of nitrogens with one attached hydrogen (secondary N) is 3. The van der Waals surface area contributed by atoms with E-state index in [-0.39, 0.29) is 22.4 Å². The van der Waals surface area contributed by atoms with E-state index in [0.29, 0.717) is 22.4 Å². The van der Waals surface area contributed by atoms with Crippen molar-refractivity contribution in [2.24, 2.45) is 5.92 Å². The molecule has 0 bridgehead atoms. The fourth-order valence-corrected chi connectivity index (χ4v) is 5.73. The predicted octanol–water partition coefficient (Wildman–Crippen LogP) is 3.80. The van der Waals surface area contributed by atoms with E-state index in [1.54, 1.807) is 49.8 Å². The molecule has 0 amide bonds. The molecule has 0 unspecified atom stereocenters. The van der Waals surface area contributed by atoms with Crippen LogP contribution in [0.5, 0.6) is 0 Å². The lowest BCUT2D eigenvalue weighted by atomic mass is 9.85. The normalized spacial score (nSPS) is 19.3. The molecular formula is C23H28N6O3S. The minimum Gasteiger partial charge on any atom is -0.338 e. The van der Waals surface area contributed by atoms with Crippen LogP contribution in [0.15, 0.2) is 46.2 Å². The summed E-state index contributed by atoms with van der Waals surface area (Å²) in [7, 11) is -3.65. The first kappa shape index (κ1) is 23.0. The van der Waals surface area contributed by atoms with Crippen LogP contribution in [0.3, 0.4) is 0 Å². The molecule has 33 heavy (non-hydrogen) atoms. The number of H-pyrrole nitrogens is 1. The molecule has 3 aromatic rings. The molecule has 1 aliphatic rings. The zero-order valence-corrected chi connectivity index (χ0v) is 19.7. The highest BCUT2D eigenvalue weighted by atomic mass is 32.2. The number of nitriles is 1. The van der Waals surface area contributed by atoms with Crippen LogP contribution in [0.4, 0.5) is 11.5 Å². The van der Waals surface area contributed by atoms with Crippen molar-refractivity contribution in [3.63, 3.8) is 0 Å². The summed E-state index contributed by atoms with van der Waals surface area (Å²) in [4.78, 5) is 15.5. The van der Waals surface area contributed by atoms with E-state index in [2.05, 4.69) is 21.1 Å². The Bertz CT molecular complexity index is 1360. The highest BCUT2D eigenvalue weighted by Crippen LogP contribution is 2.36. The number of hydrogen-bond acceptors (Lipinski definition) is 6. The number of benzene rings is 1. The summed E-state index contributed by atoms with van der Waals surface area (Å²) in [6.07, 6.45) is 5.24. The fourth-order valence-electron chi connectivity index (χ4n) is 4.31. The molecule has 4 rings (SSSR count). The van der Waals surface area contributed by atoms with Crippen molar-refractivity contribution in [3.8, 4) is 6.07 Å². The lowest BCUT2D eigenvalue weighted by Gasteiger charge is -2.27. The summed E-state index contributed by atoms with van der Waals surface area (Å²) >= 11 is 0. The maximum atomic E-state index is 12.7. The van der Waals surface area contributed by atoms with E-state index < -0.39 is 15.6 Å². The van der Waals surface area contributed by atoms with Crippen LogP contribution < -0.4 is 15.6 Å². The van der Waals surface area contributed by atoms with Gasteiger partial charge in [0.15, 0.2) is 5.82 Å².